The molecule has 5 aromatic rings. The number of ether oxygens (including phenoxy) is 1. The van der Waals surface area contributed by atoms with Crippen molar-refractivity contribution >= 4 is 0 Å². The topological polar surface area (TPSA) is 104 Å². The smallest absolute Gasteiger partial charge is 0.266 e. The van der Waals surface area contributed by atoms with E-state index in [1.165, 1.54) is 6.07 Å². The molecule has 0 bridgehead atoms. The number of nitrogens with one attached hydrogen (secondary N) is 1. The van der Waals surface area contributed by atoms with E-state index in [1.807, 2.05) is 66.2 Å². The number of nitrogens with zero attached hydrogens (tertiary/aromatic N) is 6. The summed E-state index contributed by atoms with van der Waals surface area (Å²) in [6.07, 6.45) is 5.44. The molecule has 0 spiro atoms. The first-order chi connectivity index (χ1) is 15.6. The summed E-state index contributed by atoms with van der Waals surface area (Å²) in [5, 5.41) is 15.3. The SMILES string of the molecule is COc1cc(-c2cn(-c3cc(=O)[nH]nc3-c3ccccc3)nn2)ccc1-n1cnc(C)c1. The van der Waals surface area contributed by atoms with Crippen molar-refractivity contribution in [3.63, 3.8) is 0 Å². The van der Waals surface area contributed by atoms with Crippen LogP contribution in [-0.2, 0) is 0 Å². The van der Waals surface area contributed by atoms with Crippen LogP contribution < -0.4 is 10.3 Å². The Labute approximate surface area is 183 Å². The van der Waals surface area contributed by atoms with Crippen LogP contribution in [-0.4, -0.2) is 41.9 Å². The highest BCUT2D eigenvalue weighted by Crippen LogP contribution is 2.30. The molecule has 0 unspecified atom stereocenters. The van der Waals surface area contributed by atoms with Crippen molar-refractivity contribution < 1.29 is 4.74 Å². The Hall–Kier alpha value is -4.53. The maximum atomic E-state index is 12.0. The van der Waals surface area contributed by atoms with E-state index in [0.717, 1.165) is 22.5 Å². The number of imidazole rings is 1. The fraction of sp³-hybridized carbons (Fsp3) is 0.0870. The van der Waals surface area contributed by atoms with Crippen LogP contribution in [0.1, 0.15) is 5.69 Å². The van der Waals surface area contributed by atoms with Gasteiger partial charge in [-0.3, -0.25) is 4.79 Å². The molecule has 1 N–H and O–H groups in total. The summed E-state index contributed by atoms with van der Waals surface area (Å²) >= 11 is 0. The minimum Gasteiger partial charge on any atom is -0.495 e. The fourth-order valence-corrected chi connectivity index (χ4v) is 3.49. The molecule has 2 aromatic carbocycles. The molecule has 0 aliphatic heterocycles. The molecule has 9 nitrogen and oxygen atoms in total. The summed E-state index contributed by atoms with van der Waals surface area (Å²) in [4.78, 5) is 16.3. The summed E-state index contributed by atoms with van der Waals surface area (Å²) in [6.45, 7) is 1.93. The lowest BCUT2D eigenvalue weighted by atomic mass is 10.1. The molecule has 0 saturated carbocycles. The van der Waals surface area contributed by atoms with Crippen LogP contribution in [0.4, 0.5) is 0 Å². The van der Waals surface area contributed by atoms with E-state index >= 15 is 0 Å². The molecule has 0 aliphatic rings. The quantitative estimate of drug-likeness (QED) is 0.464. The number of hydrogen-bond acceptors (Lipinski definition) is 6. The van der Waals surface area contributed by atoms with Crippen molar-refractivity contribution in [1.29, 1.82) is 0 Å². The normalized spacial score (nSPS) is 10.9. The first kappa shape index (κ1) is 19.4. The molecule has 0 aliphatic carbocycles. The van der Waals surface area contributed by atoms with E-state index in [9.17, 15) is 4.79 Å². The van der Waals surface area contributed by atoms with Crippen molar-refractivity contribution in [2.24, 2.45) is 0 Å². The number of aromatic nitrogens is 7. The highest BCUT2D eigenvalue weighted by Gasteiger charge is 2.15. The largest absolute Gasteiger partial charge is 0.495 e. The van der Waals surface area contributed by atoms with Gasteiger partial charge in [0.1, 0.15) is 17.1 Å². The molecule has 9 heteroatoms. The van der Waals surface area contributed by atoms with E-state index in [4.69, 9.17) is 4.74 Å². The number of H-pyrrole nitrogens is 1. The first-order valence-electron chi connectivity index (χ1n) is 9.89. The highest BCUT2D eigenvalue weighted by atomic mass is 16.5. The third-order valence-electron chi connectivity index (χ3n) is 5.04. The predicted octanol–water partition coefficient (Wildman–Crippen LogP) is 3.19. The Balaban J connectivity index is 1.55. The Kier molecular flexibility index (Phi) is 4.83. The van der Waals surface area contributed by atoms with Crippen LogP contribution in [0, 0.1) is 6.92 Å². The van der Waals surface area contributed by atoms with Crippen LogP contribution in [0.15, 0.2) is 78.1 Å². The van der Waals surface area contributed by atoms with Crippen molar-refractivity contribution in [3.8, 4) is 39.6 Å². The van der Waals surface area contributed by atoms with Gasteiger partial charge >= 0.3 is 0 Å². The zero-order valence-electron chi connectivity index (χ0n) is 17.4. The van der Waals surface area contributed by atoms with Gasteiger partial charge in [0.2, 0.25) is 0 Å². The van der Waals surface area contributed by atoms with Gasteiger partial charge in [0.25, 0.3) is 5.56 Å². The average Bonchev–Trinajstić information content (AvgIpc) is 3.49. The summed E-state index contributed by atoms with van der Waals surface area (Å²) in [7, 11) is 1.62. The van der Waals surface area contributed by atoms with Gasteiger partial charge in [-0.05, 0) is 19.1 Å². The van der Waals surface area contributed by atoms with Gasteiger partial charge in [-0.25, -0.2) is 14.8 Å². The van der Waals surface area contributed by atoms with Gasteiger partial charge in [-0.1, -0.05) is 41.6 Å². The van der Waals surface area contributed by atoms with Gasteiger partial charge in [-0.15, -0.1) is 5.10 Å². The molecular formula is C23H19N7O2. The molecule has 5 rings (SSSR count). The van der Waals surface area contributed by atoms with E-state index in [-0.39, 0.29) is 5.56 Å². The number of benzene rings is 2. The molecule has 0 fully saturated rings. The third-order valence-corrected chi connectivity index (χ3v) is 5.04. The molecule has 3 aromatic heterocycles. The zero-order chi connectivity index (χ0) is 22.1. The number of rotatable bonds is 5. The lowest BCUT2D eigenvalue weighted by Gasteiger charge is -2.10. The Morgan fingerprint density at radius 2 is 1.81 bits per heavy atom. The fourth-order valence-electron chi connectivity index (χ4n) is 3.49. The average molecular weight is 425 g/mol. The first-order valence-corrected chi connectivity index (χ1v) is 9.89. The molecule has 158 valence electrons. The van der Waals surface area contributed by atoms with Crippen LogP contribution in [0.3, 0.4) is 0 Å². The summed E-state index contributed by atoms with van der Waals surface area (Å²) < 4.78 is 9.06. The zero-order valence-corrected chi connectivity index (χ0v) is 17.4. The van der Waals surface area contributed by atoms with Crippen molar-refractivity contribution in [2.75, 3.05) is 7.11 Å². The van der Waals surface area contributed by atoms with Gasteiger partial charge in [0.05, 0.1) is 36.7 Å². The molecule has 0 atom stereocenters. The van der Waals surface area contributed by atoms with Crippen molar-refractivity contribution in [2.45, 2.75) is 6.92 Å². The van der Waals surface area contributed by atoms with E-state index < -0.39 is 0 Å². The molecule has 0 saturated heterocycles. The second kappa shape index (κ2) is 7.95. The van der Waals surface area contributed by atoms with E-state index in [0.29, 0.717) is 22.8 Å². The lowest BCUT2D eigenvalue weighted by Crippen LogP contribution is -2.12. The molecule has 3 heterocycles. The second-order valence-corrected chi connectivity index (χ2v) is 7.19. The number of aryl methyl sites for hydroxylation is 1. The second-order valence-electron chi connectivity index (χ2n) is 7.19. The van der Waals surface area contributed by atoms with Crippen LogP contribution in [0.2, 0.25) is 0 Å². The Morgan fingerprint density at radius 3 is 2.56 bits per heavy atom. The third kappa shape index (κ3) is 3.56. The standard InChI is InChI=1S/C23H19N7O2/c1-15-12-29(14-24-15)19-9-8-17(10-21(19)32-2)18-13-30(28-25-18)20-11-22(31)26-27-23(20)16-6-4-3-5-7-16/h3-14H,1-2H3,(H,26,31). The predicted molar refractivity (Wildman–Crippen MR) is 119 cm³/mol. The van der Waals surface area contributed by atoms with Crippen molar-refractivity contribution in [1.82, 2.24) is 34.7 Å². The minimum absolute atomic E-state index is 0.321. The van der Waals surface area contributed by atoms with Crippen LogP contribution >= 0.6 is 0 Å². The Bertz CT molecular complexity index is 1450. The summed E-state index contributed by atoms with van der Waals surface area (Å²) in [5.74, 6) is 0.678. The Morgan fingerprint density at radius 1 is 0.969 bits per heavy atom. The van der Waals surface area contributed by atoms with E-state index in [2.05, 4.69) is 25.5 Å². The lowest BCUT2D eigenvalue weighted by molar-refractivity contribution is 0.413. The molecule has 32 heavy (non-hydrogen) atoms. The monoisotopic (exact) mass is 425 g/mol. The maximum absolute atomic E-state index is 12.0. The minimum atomic E-state index is -0.321. The van der Waals surface area contributed by atoms with Crippen LogP contribution in [0.25, 0.3) is 33.9 Å². The molecule has 0 amide bonds. The van der Waals surface area contributed by atoms with Crippen molar-refractivity contribution in [3.05, 3.63) is 89.4 Å². The van der Waals surface area contributed by atoms with Gasteiger partial charge < -0.3 is 9.30 Å². The van der Waals surface area contributed by atoms with Gasteiger partial charge in [-0.2, -0.15) is 5.10 Å². The highest BCUT2D eigenvalue weighted by molar-refractivity contribution is 5.69. The van der Waals surface area contributed by atoms with Gasteiger partial charge in [0, 0.05) is 23.4 Å². The number of methoxy groups -OCH3 is 1. The number of aromatic amines is 1. The maximum Gasteiger partial charge on any atom is 0.266 e. The summed E-state index contributed by atoms with van der Waals surface area (Å²) in [6, 6.07) is 16.8. The van der Waals surface area contributed by atoms with Crippen LogP contribution in [0.5, 0.6) is 5.75 Å². The molecule has 0 radical (unpaired) electrons. The van der Waals surface area contributed by atoms with E-state index in [1.54, 1.807) is 24.3 Å². The number of hydrogen-bond donors (Lipinski definition) is 1. The molecular weight excluding hydrogens is 406 g/mol. The summed E-state index contributed by atoms with van der Waals surface area (Å²) in [5.41, 5.74) is 4.93. The van der Waals surface area contributed by atoms with Gasteiger partial charge in [0.15, 0.2) is 0 Å².